The first kappa shape index (κ1) is 16.3. The van der Waals surface area contributed by atoms with Gasteiger partial charge in [0, 0.05) is 22.8 Å². The molecule has 1 aromatic heterocycles. The number of rotatable bonds is 4. The molecule has 0 radical (unpaired) electrons. The number of methoxy groups -OCH3 is 2. The number of H-pyrrole nitrogens is 1. The van der Waals surface area contributed by atoms with Gasteiger partial charge in [0.1, 0.15) is 0 Å². The fourth-order valence-corrected chi connectivity index (χ4v) is 2.56. The van der Waals surface area contributed by atoms with E-state index in [9.17, 15) is 0 Å². The van der Waals surface area contributed by atoms with Crippen LogP contribution in [0.4, 0.5) is 0 Å². The lowest BCUT2D eigenvalue weighted by atomic mass is 10.0. The Hall–Kier alpha value is -2.07. The molecule has 0 fully saturated rings. The highest BCUT2D eigenvalue weighted by molar-refractivity contribution is 5.87. The monoisotopic (exact) mass is 359 g/mol. The van der Waals surface area contributed by atoms with E-state index in [1.165, 1.54) is 16.5 Å². The summed E-state index contributed by atoms with van der Waals surface area (Å²) in [6.45, 7) is 0. The van der Waals surface area contributed by atoms with Gasteiger partial charge in [-0.25, -0.2) is 4.98 Å². The largest absolute Gasteiger partial charge is 1.00 e. The summed E-state index contributed by atoms with van der Waals surface area (Å²) in [5.41, 5.74) is 2.52. The molecule has 0 aliphatic rings. The lowest BCUT2D eigenvalue weighted by Gasteiger charge is -2.10. The minimum Gasteiger partial charge on any atom is -1.00 e. The van der Waals surface area contributed by atoms with Crippen LogP contribution in [0, 0.1) is 0 Å². The van der Waals surface area contributed by atoms with Crippen LogP contribution >= 0.6 is 0 Å². The van der Waals surface area contributed by atoms with Gasteiger partial charge in [0.2, 0.25) is 0 Å². The van der Waals surface area contributed by atoms with Gasteiger partial charge in [-0.1, -0.05) is 30.3 Å². The second-order valence-electron chi connectivity index (χ2n) is 4.94. The van der Waals surface area contributed by atoms with Crippen molar-refractivity contribution in [1.82, 2.24) is 0 Å². The van der Waals surface area contributed by atoms with E-state index in [0.717, 1.165) is 23.3 Å². The van der Waals surface area contributed by atoms with Gasteiger partial charge in [0.05, 0.1) is 14.2 Å². The molecule has 0 atom stereocenters. The number of ether oxygens (including phenoxy) is 2. The fraction of sp³-hybridized carbons (Fsp3) is 0.167. The number of fused-ring (bicyclic) bond motifs is 1. The van der Waals surface area contributed by atoms with Gasteiger partial charge in [-0.2, -0.15) is 0 Å². The third-order valence-corrected chi connectivity index (χ3v) is 3.64. The Morgan fingerprint density at radius 3 is 2.27 bits per heavy atom. The minimum atomic E-state index is 0. The van der Waals surface area contributed by atoms with Crippen molar-refractivity contribution in [2.75, 3.05) is 14.2 Å². The first-order valence-corrected chi connectivity index (χ1v) is 6.90. The molecule has 3 aromatic rings. The van der Waals surface area contributed by atoms with E-state index in [4.69, 9.17) is 9.47 Å². The molecule has 0 saturated carbocycles. The molecule has 0 amide bonds. The maximum absolute atomic E-state index is 5.41. The second kappa shape index (κ2) is 7.27. The number of hydrogen-bond acceptors (Lipinski definition) is 2. The topological polar surface area (TPSA) is 32.6 Å². The first-order chi connectivity index (χ1) is 10.3. The number of aromatic nitrogens is 1. The Morgan fingerprint density at radius 1 is 0.909 bits per heavy atom. The number of hydrogen-bond donors (Lipinski definition) is 0. The highest BCUT2D eigenvalue weighted by Crippen LogP contribution is 2.33. The minimum absolute atomic E-state index is 0. The van der Waals surface area contributed by atoms with Gasteiger partial charge in [0.25, 0.3) is 0 Å². The van der Waals surface area contributed by atoms with Crippen LogP contribution in [0.3, 0.4) is 0 Å². The SMILES string of the molecule is COc1cc2c[nH+]cc(Cc3ccccc3)c2cc1OC.[Br-]. The van der Waals surface area contributed by atoms with E-state index in [-0.39, 0.29) is 17.0 Å². The molecule has 3 rings (SSSR count). The lowest BCUT2D eigenvalue weighted by Crippen LogP contribution is -3.00. The zero-order chi connectivity index (χ0) is 14.7. The van der Waals surface area contributed by atoms with Gasteiger partial charge in [-0.3, -0.25) is 0 Å². The van der Waals surface area contributed by atoms with Crippen LogP contribution in [0.5, 0.6) is 11.5 Å². The quantitative estimate of drug-likeness (QED) is 0.669. The Balaban J connectivity index is 0.00000176. The second-order valence-corrected chi connectivity index (χ2v) is 4.94. The summed E-state index contributed by atoms with van der Waals surface area (Å²) in [4.78, 5) is 3.22. The molecular weight excluding hydrogens is 342 g/mol. The van der Waals surface area contributed by atoms with Gasteiger partial charge < -0.3 is 26.5 Å². The highest BCUT2D eigenvalue weighted by Gasteiger charge is 2.12. The van der Waals surface area contributed by atoms with Crippen LogP contribution in [-0.4, -0.2) is 14.2 Å². The molecule has 0 bridgehead atoms. The molecule has 1 N–H and O–H groups in total. The maximum atomic E-state index is 5.41. The van der Waals surface area contributed by atoms with E-state index < -0.39 is 0 Å². The number of pyridine rings is 1. The van der Waals surface area contributed by atoms with Gasteiger partial charge in [-0.15, -0.1) is 0 Å². The molecule has 4 heteroatoms. The molecule has 114 valence electrons. The van der Waals surface area contributed by atoms with Crippen LogP contribution in [0.2, 0.25) is 0 Å². The zero-order valence-corrected chi connectivity index (χ0v) is 14.2. The van der Waals surface area contributed by atoms with Crippen LogP contribution < -0.4 is 31.4 Å². The number of nitrogens with one attached hydrogen (secondary N) is 1. The Kier molecular flexibility index (Phi) is 5.39. The average molecular weight is 360 g/mol. The molecule has 2 aromatic carbocycles. The predicted octanol–water partition coefficient (Wildman–Crippen LogP) is 0.266. The van der Waals surface area contributed by atoms with Gasteiger partial charge in [-0.05, 0) is 17.7 Å². The summed E-state index contributed by atoms with van der Waals surface area (Å²) in [7, 11) is 3.32. The van der Waals surface area contributed by atoms with Crippen molar-refractivity contribution in [2.45, 2.75) is 6.42 Å². The van der Waals surface area contributed by atoms with Crippen LogP contribution in [0.1, 0.15) is 11.1 Å². The van der Waals surface area contributed by atoms with Crippen molar-refractivity contribution >= 4 is 10.8 Å². The first-order valence-electron chi connectivity index (χ1n) is 6.90. The van der Waals surface area contributed by atoms with E-state index in [0.29, 0.717) is 0 Å². The molecule has 1 heterocycles. The molecule has 0 aliphatic carbocycles. The maximum Gasteiger partial charge on any atom is 0.175 e. The van der Waals surface area contributed by atoms with E-state index in [1.807, 2.05) is 30.6 Å². The van der Waals surface area contributed by atoms with E-state index >= 15 is 0 Å². The third-order valence-electron chi connectivity index (χ3n) is 3.64. The van der Waals surface area contributed by atoms with Crippen molar-refractivity contribution in [1.29, 1.82) is 0 Å². The Labute approximate surface area is 140 Å². The number of aromatic amines is 1. The van der Waals surface area contributed by atoms with Gasteiger partial charge in [0.15, 0.2) is 23.9 Å². The lowest BCUT2D eigenvalue weighted by molar-refractivity contribution is -0.376. The summed E-state index contributed by atoms with van der Waals surface area (Å²) >= 11 is 0. The van der Waals surface area contributed by atoms with Crippen molar-refractivity contribution in [3.63, 3.8) is 0 Å². The predicted molar refractivity (Wildman–Crippen MR) is 82.9 cm³/mol. The molecule has 3 nitrogen and oxygen atoms in total. The van der Waals surface area contributed by atoms with Crippen molar-refractivity contribution < 1.29 is 31.4 Å². The third kappa shape index (κ3) is 3.22. The fourth-order valence-electron chi connectivity index (χ4n) is 2.56. The standard InChI is InChI=1S/C18H17NO2.BrH/c1-20-17-9-15-12-19-11-14(16(15)10-18(17)21-2)8-13-6-4-3-5-7-13;/h3-7,9-12H,8H2,1-2H3;1H. The Morgan fingerprint density at radius 2 is 1.59 bits per heavy atom. The molecular formula is C18H18BrNO2. The smallest absolute Gasteiger partial charge is 0.175 e. The molecule has 0 saturated heterocycles. The summed E-state index contributed by atoms with van der Waals surface area (Å²) in [5, 5.41) is 2.29. The van der Waals surface area contributed by atoms with Gasteiger partial charge >= 0.3 is 0 Å². The number of benzene rings is 2. The highest BCUT2D eigenvalue weighted by atomic mass is 79.9. The molecule has 0 spiro atoms. The average Bonchev–Trinajstić information content (AvgIpc) is 2.55. The van der Waals surface area contributed by atoms with Crippen molar-refractivity contribution in [3.8, 4) is 11.5 Å². The van der Waals surface area contributed by atoms with Crippen molar-refractivity contribution in [2.24, 2.45) is 0 Å². The Bertz CT molecular complexity index is 760. The van der Waals surface area contributed by atoms with E-state index in [1.54, 1.807) is 14.2 Å². The number of halogens is 1. The zero-order valence-electron chi connectivity index (χ0n) is 12.6. The van der Waals surface area contributed by atoms with Crippen molar-refractivity contribution in [3.05, 3.63) is 66.0 Å². The van der Waals surface area contributed by atoms with Crippen LogP contribution in [0.25, 0.3) is 10.8 Å². The summed E-state index contributed by atoms with van der Waals surface area (Å²) < 4.78 is 10.8. The van der Waals surface area contributed by atoms with Crippen LogP contribution in [0.15, 0.2) is 54.9 Å². The molecule has 0 aliphatic heterocycles. The summed E-state index contributed by atoms with van der Waals surface area (Å²) in [6.07, 6.45) is 4.90. The summed E-state index contributed by atoms with van der Waals surface area (Å²) in [5.74, 6) is 1.50. The van der Waals surface area contributed by atoms with Crippen LogP contribution in [-0.2, 0) is 6.42 Å². The van der Waals surface area contributed by atoms with E-state index in [2.05, 4.69) is 29.2 Å². The normalized spacial score (nSPS) is 10.1. The summed E-state index contributed by atoms with van der Waals surface area (Å²) in [6, 6.07) is 14.5. The molecule has 0 unspecified atom stereocenters. The molecule has 22 heavy (non-hydrogen) atoms.